The lowest BCUT2D eigenvalue weighted by Gasteiger charge is -2.17. The van der Waals surface area contributed by atoms with Crippen LogP contribution in [0.4, 0.5) is 11.4 Å². The Bertz CT molecular complexity index is 1140. The van der Waals surface area contributed by atoms with Gasteiger partial charge in [-0.3, -0.25) is 9.59 Å². The Balaban J connectivity index is 1.95. The summed E-state index contributed by atoms with van der Waals surface area (Å²) in [5, 5.41) is 5.75. The van der Waals surface area contributed by atoms with Crippen LogP contribution in [0.3, 0.4) is 0 Å². The maximum atomic E-state index is 13.2. The number of aromatic nitrogens is 1. The van der Waals surface area contributed by atoms with E-state index in [9.17, 15) is 9.59 Å². The zero-order valence-electron chi connectivity index (χ0n) is 16.3. The first-order valence-corrected chi connectivity index (χ1v) is 10.3. The molecule has 0 aliphatic rings. The summed E-state index contributed by atoms with van der Waals surface area (Å²) in [5.74, 6) is -0.856. The number of amides is 1. The third kappa shape index (κ3) is 6.01. The van der Waals surface area contributed by atoms with Crippen LogP contribution in [0.5, 0.6) is 0 Å². The molecule has 0 aliphatic carbocycles. The first-order valence-electron chi connectivity index (χ1n) is 9.10. The fraction of sp³-hybridized carbons (Fsp3) is 0.0909. The summed E-state index contributed by atoms with van der Waals surface area (Å²) in [5.41, 5.74) is 1.47. The summed E-state index contributed by atoms with van der Waals surface area (Å²) in [6.07, 6.45) is 0. The van der Waals surface area contributed by atoms with E-state index in [4.69, 9.17) is 40.2 Å². The number of nitrogens with zero attached hydrogens (tertiary/aromatic N) is 1. The fourth-order valence-electron chi connectivity index (χ4n) is 2.73. The van der Waals surface area contributed by atoms with E-state index < -0.39 is 5.78 Å². The van der Waals surface area contributed by atoms with Crippen LogP contribution in [0.2, 0.25) is 10.2 Å². The zero-order valence-corrected chi connectivity index (χ0v) is 18.6. The van der Waals surface area contributed by atoms with Crippen molar-refractivity contribution in [3.8, 4) is 0 Å². The molecular formula is C22H17Cl2N3O3S. The molecule has 3 rings (SSSR count). The smallest absolute Gasteiger partial charge is 0.261 e. The van der Waals surface area contributed by atoms with Gasteiger partial charge in [0.15, 0.2) is 0 Å². The predicted octanol–water partition coefficient (Wildman–Crippen LogP) is 5.49. The molecule has 0 saturated heterocycles. The van der Waals surface area contributed by atoms with Gasteiger partial charge in [0.2, 0.25) is 11.7 Å². The third-order valence-corrected chi connectivity index (χ3v) is 4.82. The van der Waals surface area contributed by atoms with Crippen LogP contribution in [0.1, 0.15) is 28.5 Å². The van der Waals surface area contributed by atoms with Crippen LogP contribution in [0, 0.1) is 0 Å². The molecule has 158 valence electrons. The maximum Gasteiger partial charge on any atom is 0.261 e. The number of hydrogen-bond acceptors (Lipinski definition) is 5. The van der Waals surface area contributed by atoms with E-state index in [0.29, 0.717) is 0 Å². The van der Waals surface area contributed by atoms with Gasteiger partial charge in [-0.2, -0.15) is 0 Å². The van der Waals surface area contributed by atoms with Crippen molar-refractivity contribution >= 4 is 63.7 Å². The lowest BCUT2D eigenvalue weighted by Crippen LogP contribution is -2.20. The summed E-state index contributed by atoms with van der Waals surface area (Å²) in [6, 6.07) is 17.4. The number of pyridine rings is 1. The molecule has 1 aromatic heterocycles. The monoisotopic (exact) mass is 473 g/mol. The molecule has 1 heterocycles. The molecule has 2 aromatic carbocycles. The number of carbonyl (C=O) groups excluding carboxylic acids is 2. The highest BCUT2D eigenvalue weighted by molar-refractivity contribution is 7.80. The van der Waals surface area contributed by atoms with Crippen molar-refractivity contribution in [1.82, 2.24) is 4.98 Å². The van der Waals surface area contributed by atoms with Crippen LogP contribution in [-0.2, 0) is 16.1 Å². The number of ketones is 1. The topological polar surface area (TPSA) is 80.3 Å². The van der Waals surface area contributed by atoms with Crippen LogP contribution in [0.15, 0.2) is 60.7 Å². The van der Waals surface area contributed by atoms with Gasteiger partial charge in [0.25, 0.3) is 5.17 Å². The Hall–Kier alpha value is -3.00. The molecule has 9 heteroatoms. The van der Waals surface area contributed by atoms with E-state index in [1.54, 1.807) is 24.3 Å². The second-order valence-electron chi connectivity index (χ2n) is 6.39. The van der Waals surface area contributed by atoms with Crippen LogP contribution in [-0.4, -0.2) is 21.8 Å². The van der Waals surface area contributed by atoms with Crippen LogP contribution >= 0.6 is 35.4 Å². The Kier molecular flexibility index (Phi) is 7.57. The zero-order chi connectivity index (χ0) is 22.4. The number of thiocarbonyl (C=S) groups is 1. The SMILES string of the molecule is CC(=O)Nc1cc(Cl)nc(C(=O)c2ccccc2Cl)c1NC(=S)OCc1ccccc1. The van der Waals surface area contributed by atoms with Gasteiger partial charge in [0.05, 0.1) is 16.4 Å². The molecule has 6 nitrogen and oxygen atoms in total. The van der Waals surface area contributed by atoms with E-state index >= 15 is 0 Å². The molecule has 0 radical (unpaired) electrons. The number of anilines is 2. The van der Waals surface area contributed by atoms with E-state index in [1.165, 1.54) is 13.0 Å². The van der Waals surface area contributed by atoms with Gasteiger partial charge < -0.3 is 15.4 Å². The van der Waals surface area contributed by atoms with Gasteiger partial charge in [-0.25, -0.2) is 4.98 Å². The molecule has 0 unspecified atom stereocenters. The highest BCUT2D eigenvalue weighted by atomic mass is 35.5. The highest BCUT2D eigenvalue weighted by Crippen LogP contribution is 2.31. The first kappa shape index (κ1) is 22.7. The quantitative estimate of drug-likeness (QED) is 0.279. The van der Waals surface area contributed by atoms with E-state index in [2.05, 4.69) is 15.6 Å². The number of halogens is 2. The minimum Gasteiger partial charge on any atom is -0.466 e. The Morgan fingerprint density at radius 1 is 1.03 bits per heavy atom. The summed E-state index contributed by atoms with van der Waals surface area (Å²) >= 11 is 17.6. The van der Waals surface area contributed by atoms with E-state index in [0.717, 1.165) is 5.56 Å². The number of hydrogen-bond donors (Lipinski definition) is 2. The number of ether oxygens (including phenoxy) is 1. The van der Waals surface area contributed by atoms with Gasteiger partial charge >= 0.3 is 0 Å². The van der Waals surface area contributed by atoms with E-state index in [-0.39, 0.29) is 50.5 Å². The van der Waals surface area contributed by atoms with Gasteiger partial charge in [-0.15, -0.1) is 0 Å². The maximum absolute atomic E-state index is 13.2. The molecule has 0 atom stereocenters. The molecule has 3 aromatic rings. The van der Waals surface area contributed by atoms with Crippen molar-refractivity contribution < 1.29 is 14.3 Å². The summed E-state index contributed by atoms with van der Waals surface area (Å²) in [6.45, 7) is 1.55. The average molecular weight is 474 g/mol. The van der Waals surface area contributed by atoms with Gasteiger partial charge in [-0.1, -0.05) is 65.7 Å². The van der Waals surface area contributed by atoms with Crippen molar-refractivity contribution in [1.29, 1.82) is 0 Å². The van der Waals surface area contributed by atoms with Gasteiger partial charge in [0, 0.05) is 18.6 Å². The Morgan fingerprint density at radius 3 is 2.39 bits per heavy atom. The van der Waals surface area contributed by atoms with Crippen molar-refractivity contribution in [2.24, 2.45) is 0 Å². The van der Waals surface area contributed by atoms with Crippen molar-refractivity contribution in [3.63, 3.8) is 0 Å². The fourth-order valence-corrected chi connectivity index (χ4v) is 3.30. The van der Waals surface area contributed by atoms with Crippen LogP contribution < -0.4 is 10.6 Å². The third-order valence-electron chi connectivity index (χ3n) is 4.07. The molecule has 0 saturated carbocycles. The predicted molar refractivity (Wildman–Crippen MR) is 126 cm³/mol. The number of carbonyl (C=O) groups is 2. The van der Waals surface area contributed by atoms with Crippen molar-refractivity contribution in [2.45, 2.75) is 13.5 Å². The molecule has 31 heavy (non-hydrogen) atoms. The Morgan fingerprint density at radius 2 is 1.71 bits per heavy atom. The molecule has 0 spiro atoms. The Labute approximate surface area is 194 Å². The summed E-state index contributed by atoms with van der Waals surface area (Å²) < 4.78 is 5.60. The second kappa shape index (κ2) is 10.3. The minimum atomic E-state index is -0.493. The first-order chi connectivity index (χ1) is 14.8. The summed E-state index contributed by atoms with van der Waals surface area (Å²) in [7, 11) is 0. The van der Waals surface area contributed by atoms with Gasteiger partial charge in [0.1, 0.15) is 17.5 Å². The molecule has 0 bridgehead atoms. The lowest BCUT2D eigenvalue weighted by molar-refractivity contribution is -0.114. The average Bonchev–Trinajstić information content (AvgIpc) is 2.74. The number of rotatable bonds is 6. The van der Waals surface area contributed by atoms with E-state index in [1.807, 2.05) is 30.3 Å². The minimum absolute atomic E-state index is 0.00668. The van der Waals surface area contributed by atoms with Crippen molar-refractivity contribution in [3.05, 3.63) is 87.7 Å². The molecule has 0 aliphatic heterocycles. The van der Waals surface area contributed by atoms with Crippen LogP contribution in [0.25, 0.3) is 0 Å². The molecule has 2 N–H and O–H groups in total. The van der Waals surface area contributed by atoms with Gasteiger partial charge in [-0.05, 0) is 29.9 Å². The normalized spacial score (nSPS) is 10.3. The summed E-state index contributed by atoms with van der Waals surface area (Å²) in [4.78, 5) is 29.1. The van der Waals surface area contributed by atoms with Crippen molar-refractivity contribution in [2.75, 3.05) is 10.6 Å². The second-order valence-corrected chi connectivity index (χ2v) is 7.56. The molecule has 0 fully saturated rings. The standard InChI is InChI=1S/C22H17Cl2N3O3S/c1-13(28)25-17-11-18(24)26-20(21(29)15-9-5-6-10-16(15)23)19(17)27-22(31)30-12-14-7-3-2-4-8-14/h2-11H,12H2,1H3,(H,27,31)(H,25,26,28). The lowest BCUT2D eigenvalue weighted by atomic mass is 10.1. The largest absolute Gasteiger partial charge is 0.466 e. The highest BCUT2D eigenvalue weighted by Gasteiger charge is 2.23. The molecule has 1 amide bonds. The number of nitrogens with one attached hydrogen (secondary N) is 2. The molecular weight excluding hydrogens is 457 g/mol. The number of benzene rings is 2.